The van der Waals surface area contributed by atoms with Crippen LogP contribution < -0.4 is 5.32 Å². The third kappa shape index (κ3) is 5.60. The second-order valence-electron chi connectivity index (χ2n) is 12.9. The summed E-state index contributed by atoms with van der Waals surface area (Å²) in [5.41, 5.74) is 2.74. The van der Waals surface area contributed by atoms with Crippen molar-refractivity contribution >= 4 is 32.5 Å². The summed E-state index contributed by atoms with van der Waals surface area (Å²) in [6.45, 7) is 19.2. The van der Waals surface area contributed by atoms with E-state index in [-0.39, 0.29) is 34.3 Å². The van der Waals surface area contributed by atoms with Crippen molar-refractivity contribution in [2.45, 2.75) is 104 Å². The molecule has 2 aliphatic carbocycles. The first-order valence-electron chi connectivity index (χ1n) is 13.4. The summed E-state index contributed by atoms with van der Waals surface area (Å²) >= 11 is 1.65. The quantitative estimate of drug-likeness (QED) is 0.406. The minimum atomic E-state index is -0.141. The van der Waals surface area contributed by atoms with Crippen LogP contribution in [0.25, 0.3) is 10.2 Å². The molecule has 35 heavy (non-hydrogen) atoms. The van der Waals surface area contributed by atoms with Crippen LogP contribution in [0.15, 0.2) is 12.1 Å². The number of anilines is 1. The molecule has 0 spiro atoms. The Morgan fingerprint density at radius 3 is 2.51 bits per heavy atom. The Hall–Kier alpha value is -1.50. The van der Waals surface area contributed by atoms with E-state index in [1.165, 1.54) is 18.4 Å². The fourth-order valence-corrected chi connectivity index (χ4v) is 6.63. The number of benzene rings is 1. The van der Waals surface area contributed by atoms with Gasteiger partial charge in [0, 0.05) is 24.3 Å². The summed E-state index contributed by atoms with van der Waals surface area (Å²) in [6, 6.07) is 4.28. The van der Waals surface area contributed by atoms with Gasteiger partial charge < -0.3 is 10.1 Å². The van der Waals surface area contributed by atoms with Crippen molar-refractivity contribution in [3.63, 3.8) is 0 Å². The highest BCUT2D eigenvalue weighted by atomic mass is 32.1. The molecule has 3 atom stereocenters. The van der Waals surface area contributed by atoms with E-state index in [9.17, 15) is 4.79 Å². The standard InChI is InChI=1S/C29H45N3O2S/c1-10-29(8)18(2)24(32(9)17-19-11-12-19)25(33)20-15-23-22(16-21(20)29)30-26(35-23)31-28(6,7)13-14-34-27(3,4)5/h15-16,18-19,24H,10-14,17H2,1-9H3,(H,30,31)/t18-,24?,29+/m0/s1. The molecule has 1 aromatic carbocycles. The van der Waals surface area contributed by atoms with Gasteiger partial charge in [0.1, 0.15) is 0 Å². The number of carbonyl (C=O) groups is 1. The number of hydrogen-bond acceptors (Lipinski definition) is 6. The highest BCUT2D eigenvalue weighted by Crippen LogP contribution is 2.47. The number of ether oxygens (including phenoxy) is 1. The van der Waals surface area contributed by atoms with Gasteiger partial charge in [-0.05, 0) is 102 Å². The smallest absolute Gasteiger partial charge is 0.184 e. The maximum absolute atomic E-state index is 13.9. The van der Waals surface area contributed by atoms with Crippen LogP contribution in [-0.2, 0) is 10.2 Å². The number of aromatic nitrogens is 1. The molecule has 1 saturated carbocycles. The van der Waals surface area contributed by atoms with Gasteiger partial charge in [0.05, 0.1) is 21.9 Å². The zero-order valence-electron chi connectivity index (χ0n) is 23.2. The Balaban J connectivity index is 1.62. The number of fused-ring (bicyclic) bond motifs is 2. The van der Waals surface area contributed by atoms with Gasteiger partial charge in [0.15, 0.2) is 10.9 Å². The second kappa shape index (κ2) is 9.42. The fraction of sp³-hybridized carbons (Fsp3) is 0.724. The number of nitrogens with one attached hydrogen (secondary N) is 1. The Morgan fingerprint density at radius 2 is 1.91 bits per heavy atom. The first kappa shape index (κ1) is 26.6. The molecule has 0 radical (unpaired) electrons. The summed E-state index contributed by atoms with van der Waals surface area (Å²) in [6.07, 6.45) is 4.49. The van der Waals surface area contributed by atoms with Crippen molar-refractivity contribution in [3.05, 3.63) is 23.3 Å². The Bertz CT molecular complexity index is 1080. The third-order valence-electron chi connectivity index (χ3n) is 8.32. The van der Waals surface area contributed by atoms with E-state index in [4.69, 9.17) is 9.72 Å². The molecule has 2 aromatic rings. The lowest BCUT2D eigenvalue weighted by molar-refractivity contribution is -0.00846. The minimum absolute atomic E-state index is 0.0549. The lowest BCUT2D eigenvalue weighted by atomic mass is 9.61. The Labute approximate surface area is 216 Å². The predicted molar refractivity (Wildman–Crippen MR) is 148 cm³/mol. The van der Waals surface area contributed by atoms with Crippen LogP contribution in [0.3, 0.4) is 0 Å². The lowest BCUT2D eigenvalue weighted by Crippen LogP contribution is -2.54. The van der Waals surface area contributed by atoms with E-state index in [2.05, 4.69) is 84.8 Å². The van der Waals surface area contributed by atoms with Crippen LogP contribution in [0.1, 0.15) is 97.0 Å². The average Bonchev–Trinajstić information content (AvgIpc) is 3.47. The zero-order valence-corrected chi connectivity index (χ0v) is 24.1. The van der Waals surface area contributed by atoms with Crippen molar-refractivity contribution in [1.29, 1.82) is 0 Å². The number of likely N-dealkylation sites (N-methyl/N-ethyl adjacent to an activating group) is 1. The van der Waals surface area contributed by atoms with Crippen molar-refractivity contribution < 1.29 is 9.53 Å². The molecule has 5 nitrogen and oxygen atoms in total. The lowest BCUT2D eigenvalue weighted by Gasteiger charge is -2.47. The normalized spacial score (nSPS) is 25.4. The van der Waals surface area contributed by atoms with E-state index < -0.39 is 0 Å². The molecule has 0 aliphatic heterocycles. The van der Waals surface area contributed by atoms with E-state index in [0.717, 1.165) is 46.2 Å². The number of thiazole rings is 1. The summed E-state index contributed by atoms with van der Waals surface area (Å²) < 4.78 is 7.03. The molecule has 0 amide bonds. The Kier molecular flexibility index (Phi) is 7.15. The number of Topliss-reactive ketones (excluding diaryl/α,β-unsaturated/α-hetero) is 1. The first-order valence-corrected chi connectivity index (χ1v) is 14.2. The van der Waals surface area contributed by atoms with Crippen molar-refractivity contribution in [1.82, 2.24) is 9.88 Å². The monoisotopic (exact) mass is 499 g/mol. The number of hydrogen-bond donors (Lipinski definition) is 1. The van der Waals surface area contributed by atoms with Gasteiger partial charge in [-0.15, -0.1) is 0 Å². The van der Waals surface area contributed by atoms with Gasteiger partial charge >= 0.3 is 0 Å². The summed E-state index contributed by atoms with van der Waals surface area (Å²) in [4.78, 5) is 21.2. The molecule has 0 bridgehead atoms. The molecule has 194 valence electrons. The number of nitrogens with zero attached hydrogens (tertiary/aromatic N) is 2. The largest absolute Gasteiger partial charge is 0.376 e. The molecule has 4 rings (SSSR count). The van der Waals surface area contributed by atoms with Gasteiger partial charge in [0.25, 0.3) is 0 Å². The zero-order chi connectivity index (χ0) is 25.8. The molecule has 6 heteroatoms. The number of carbonyl (C=O) groups excluding carboxylic acids is 1. The van der Waals surface area contributed by atoms with Crippen molar-refractivity contribution in [2.24, 2.45) is 11.8 Å². The van der Waals surface area contributed by atoms with Crippen LogP contribution in [0.2, 0.25) is 0 Å². The molecule has 0 saturated heterocycles. The SMILES string of the molecule is CC[C@@]1(C)c2cc3nc(NC(C)(C)CCOC(C)(C)C)sc3cc2C(=O)C(N(C)CC2CC2)[C@@H]1C. The van der Waals surface area contributed by atoms with Gasteiger partial charge in [0.2, 0.25) is 0 Å². The van der Waals surface area contributed by atoms with Gasteiger partial charge in [-0.2, -0.15) is 0 Å². The van der Waals surface area contributed by atoms with Crippen LogP contribution in [0.5, 0.6) is 0 Å². The second-order valence-corrected chi connectivity index (χ2v) is 13.9. The van der Waals surface area contributed by atoms with E-state index in [0.29, 0.717) is 6.61 Å². The third-order valence-corrected chi connectivity index (χ3v) is 9.25. The molecular weight excluding hydrogens is 454 g/mol. The molecule has 1 fully saturated rings. The molecular formula is C29H45N3O2S. The number of ketones is 1. The highest BCUT2D eigenvalue weighted by Gasteiger charge is 2.48. The average molecular weight is 500 g/mol. The maximum Gasteiger partial charge on any atom is 0.184 e. The molecule has 1 heterocycles. The van der Waals surface area contributed by atoms with Gasteiger partial charge in [-0.25, -0.2) is 4.98 Å². The minimum Gasteiger partial charge on any atom is -0.376 e. The topological polar surface area (TPSA) is 54.5 Å². The summed E-state index contributed by atoms with van der Waals surface area (Å²) in [5, 5.41) is 4.54. The molecule has 1 N–H and O–H groups in total. The van der Waals surface area contributed by atoms with Crippen molar-refractivity contribution in [2.75, 3.05) is 25.5 Å². The summed E-state index contributed by atoms with van der Waals surface area (Å²) in [5.74, 6) is 1.31. The first-order chi connectivity index (χ1) is 16.2. The van der Waals surface area contributed by atoms with Crippen LogP contribution in [-0.4, -0.2) is 53.0 Å². The summed E-state index contributed by atoms with van der Waals surface area (Å²) in [7, 11) is 2.15. The maximum atomic E-state index is 13.9. The van der Waals surface area contributed by atoms with Crippen LogP contribution in [0, 0.1) is 11.8 Å². The van der Waals surface area contributed by atoms with E-state index in [1.807, 2.05) is 0 Å². The predicted octanol–water partition coefficient (Wildman–Crippen LogP) is 6.90. The van der Waals surface area contributed by atoms with Crippen LogP contribution in [0.4, 0.5) is 5.13 Å². The highest BCUT2D eigenvalue weighted by molar-refractivity contribution is 7.22. The molecule has 2 aliphatic rings. The van der Waals surface area contributed by atoms with Crippen molar-refractivity contribution in [3.8, 4) is 0 Å². The van der Waals surface area contributed by atoms with Gasteiger partial charge in [-0.1, -0.05) is 32.1 Å². The number of rotatable bonds is 9. The van der Waals surface area contributed by atoms with E-state index in [1.54, 1.807) is 11.3 Å². The molecule has 1 unspecified atom stereocenters. The molecule has 1 aromatic heterocycles. The van der Waals surface area contributed by atoms with Crippen LogP contribution >= 0.6 is 11.3 Å². The Morgan fingerprint density at radius 1 is 1.23 bits per heavy atom. The van der Waals surface area contributed by atoms with Gasteiger partial charge in [-0.3, -0.25) is 9.69 Å². The van der Waals surface area contributed by atoms with E-state index >= 15 is 0 Å². The fourth-order valence-electron chi connectivity index (χ4n) is 5.56.